The molecule has 0 fully saturated rings. The second-order valence-corrected chi connectivity index (χ2v) is 10.4. The van der Waals surface area contributed by atoms with Crippen LogP contribution in [0.25, 0.3) is 0 Å². The van der Waals surface area contributed by atoms with Crippen molar-refractivity contribution in [3.05, 3.63) is 29.8 Å². The van der Waals surface area contributed by atoms with Crippen molar-refractivity contribution in [1.29, 1.82) is 0 Å². The summed E-state index contributed by atoms with van der Waals surface area (Å²) in [4.78, 5) is 37.2. The molecule has 0 aliphatic heterocycles. The van der Waals surface area contributed by atoms with Crippen molar-refractivity contribution in [3.8, 4) is 5.75 Å². The van der Waals surface area contributed by atoms with Crippen molar-refractivity contribution in [3.63, 3.8) is 0 Å². The Morgan fingerprint density at radius 1 is 0.625 bits per heavy atom. The zero-order valence-electron chi connectivity index (χ0n) is 24.8. The number of carbonyl (C=O) groups is 3. The van der Waals surface area contributed by atoms with Gasteiger partial charge in [-0.1, -0.05) is 0 Å². The summed E-state index contributed by atoms with van der Waals surface area (Å²) >= 11 is 0. The highest BCUT2D eigenvalue weighted by molar-refractivity contribution is 5.89. The standard InChI is InChI=1S/C28H45NO11/c1-27(2,3)39-25(31)29(26(32)40-28(4,5)6)12-13-34-14-15-35-16-17-36-18-19-37-20-21-38-23-10-8-22(9-11-23)24(30)33-7/h8-11H,12-21H2,1-7H3. The number of imide groups is 1. The van der Waals surface area contributed by atoms with Crippen molar-refractivity contribution in [1.82, 2.24) is 4.90 Å². The predicted octanol–water partition coefficient (Wildman–Crippen LogP) is 4.09. The molecule has 2 amide bonds. The lowest BCUT2D eigenvalue weighted by Gasteiger charge is -2.28. The molecule has 0 atom stereocenters. The summed E-state index contributed by atoms with van der Waals surface area (Å²) in [5.74, 6) is 0.242. The number of nitrogens with zero attached hydrogens (tertiary/aromatic N) is 1. The van der Waals surface area contributed by atoms with E-state index in [4.69, 9.17) is 33.2 Å². The molecular formula is C28H45NO11. The maximum absolute atomic E-state index is 12.4. The molecule has 0 N–H and O–H groups in total. The molecule has 0 aliphatic carbocycles. The number of hydrogen-bond donors (Lipinski definition) is 0. The van der Waals surface area contributed by atoms with E-state index in [1.807, 2.05) is 0 Å². The molecule has 0 aliphatic rings. The third kappa shape index (κ3) is 16.9. The van der Waals surface area contributed by atoms with Gasteiger partial charge in [-0.25, -0.2) is 19.3 Å². The second kappa shape index (κ2) is 18.4. The van der Waals surface area contributed by atoms with Gasteiger partial charge in [0.05, 0.1) is 72.1 Å². The third-order valence-corrected chi connectivity index (χ3v) is 4.57. The molecule has 1 rings (SSSR count). The fourth-order valence-corrected chi connectivity index (χ4v) is 2.83. The highest BCUT2D eigenvalue weighted by Crippen LogP contribution is 2.15. The van der Waals surface area contributed by atoms with E-state index in [2.05, 4.69) is 4.74 Å². The summed E-state index contributed by atoms with van der Waals surface area (Å²) < 4.78 is 42.7. The number of methoxy groups -OCH3 is 1. The summed E-state index contributed by atoms with van der Waals surface area (Å²) in [6.07, 6.45) is -1.58. The lowest BCUT2D eigenvalue weighted by atomic mass is 10.2. The SMILES string of the molecule is COC(=O)c1ccc(OCCOCCOCCOCCOCCN(C(=O)OC(C)(C)C)C(=O)OC(C)(C)C)cc1. The molecular weight excluding hydrogens is 526 g/mol. The molecule has 0 unspecified atom stereocenters. The molecule has 0 spiro atoms. The van der Waals surface area contributed by atoms with Crippen LogP contribution in [-0.4, -0.2) is 107 Å². The van der Waals surface area contributed by atoms with Crippen molar-refractivity contribution in [2.24, 2.45) is 0 Å². The summed E-state index contributed by atoms with van der Waals surface area (Å²) in [7, 11) is 1.33. The quantitative estimate of drug-likeness (QED) is 0.152. The Bertz CT molecular complexity index is 848. The zero-order valence-corrected chi connectivity index (χ0v) is 24.8. The van der Waals surface area contributed by atoms with Crippen molar-refractivity contribution in [2.45, 2.75) is 52.7 Å². The van der Waals surface area contributed by atoms with E-state index in [1.165, 1.54) is 7.11 Å². The van der Waals surface area contributed by atoms with E-state index in [-0.39, 0.29) is 19.8 Å². The fourth-order valence-electron chi connectivity index (χ4n) is 2.83. The molecule has 0 radical (unpaired) electrons. The fraction of sp³-hybridized carbons (Fsp3) is 0.679. The molecule has 1 aromatic carbocycles. The van der Waals surface area contributed by atoms with Gasteiger partial charge in [0.1, 0.15) is 23.6 Å². The molecule has 0 saturated carbocycles. The lowest BCUT2D eigenvalue weighted by molar-refractivity contribution is -0.0150. The average Bonchev–Trinajstić information content (AvgIpc) is 2.86. The van der Waals surface area contributed by atoms with Gasteiger partial charge in [-0.05, 0) is 65.8 Å². The molecule has 12 nitrogen and oxygen atoms in total. The van der Waals surface area contributed by atoms with Gasteiger partial charge in [0.15, 0.2) is 0 Å². The van der Waals surface area contributed by atoms with Gasteiger partial charge in [0.25, 0.3) is 0 Å². The third-order valence-electron chi connectivity index (χ3n) is 4.57. The predicted molar refractivity (Wildman–Crippen MR) is 146 cm³/mol. The van der Waals surface area contributed by atoms with Gasteiger partial charge in [-0.15, -0.1) is 0 Å². The van der Waals surface area contributed by atoms with Crippen LogP contribution >= 0.6 is 0 Å². The van der Waals surface area contributed by atoms with Crippen LogP contribution in [0.1, 0.15) is 51.9 Å². The van der Waals surface area contributed by atoms with E-state index in [9.17, 15) is 14.4 Å². The van der Waals surface area contributed by atoms with E-state index in [0.717, 1.165) is 4.90 Å². The van der Waals surface area contributed by atoms with Crippen LogP contribution in [0.15, 0.2) is 24.3 Å². The minimum absolute atomic E-state index is 0.0142. The van der Waals surface area contributed by atoms with E-state index in [1.54, 1.807) is 65.8 Å². The van der Waals surface area contributed by atoms with Crippen LogP contribution in [0.5, 0.6) is 5.75 Å². The van der Waals surface area contributed by atoms with Crippen LogP contribution in [-0.2, 0) is 33.2 Å². The Balaban J connectivity index is 2.07. The number of carbonyl (C=O) groups excluding carboxylic acids is 3. The molecule has 0 heterocycles. The van der Waals surface area contributed by atoms with Crippen LogP contribution < -0.4 is 4.74 Å². The summed E-state index contributed by atoms with van der Waals surface area (Å²) in [5.41, 5.74) is -1.05. The monoisotopic (exact) mass is 571 g/mol. The molecule has 0 bridgehead atoms. The first-order valence-corrected chi connectivity index (χ1v) is 13.2. The summed E-state index contributed by atoms with van der Waals surface area (Å²) in [6.45, 7) is 13.4. The number of benzene rings is 1. The first-order chi connectivity index (χ1) is 18.8. The normalized spacial score (nSPS) is 11.6. The van der Waals surface area contributed by atoms with Crippen LogP contribution in [0, 0.1) is 0 Å². The van der Waals surface area contributed by atoms with Crippen LogP contribution in [0.2, 0.25) is 0 Å². The van der Waals surface area contributed by atoms with E-state index in [0.29, 0.717) is 57.6 Å². The number of ether oxygens (including phenoxy) is 8. The van der Waals surface area contributed by atoms with Gasteiger partial charge in [0.2, 0.25) is 0 Å². The molecule has 40 heavy (non-hydrogen) atoms. The first-order valence-electron chi connectivity index (χ1n) is 13.2. The van der Waals surface area contributed by atoms with Gasteiger partial charge in [-0.3, -0.25) is 0 Å². The molecule has 12 heteroatoms. The Morgan fingerprint density at radius 2 is 1.02 bits per heavy atom. The second-order valence-electron chi connectivity index (χ2n) is 10.4. The van der Waals surface area contributed by atoms with Crippen molar-refractivity contribution >= 4 is 18.2 Å². The zero-order chi connectivity index (χ0) is 30.0. The maximum atomic E-state index is 12.4. The Morgan fingerprint density at radius 3 is 1.43 bits per heavy atom. The van der Waals surface area contributed by atoms with Crippen molar-refractivity contribution in [2.75, 3.05) is 73.1 Å². The van der Waals surface area contributed by atoms with Crippen molar-refractivity contribution < 1.29 is 52.3 Å². The van der Waals surface area contributed by atoms with Gasteiger partial charge in [-0.2, -0.15) is 0 Å². The van der Waals surface area contributed by atoms with E-state index < -0.39 is 29.4 Å². The first kappa shape index (κ1) is 35.1. The number of hydrogen-bond acceptors (Lipinski definition) is 11. The Hall–Kier alpha value is -2.93. The van der Waals surface area contributed by atoms with Gasteiger partial charge in [0, 0.05) is 0 Å². The molecule has 1 aromatic rings. The molecule has 0 saturated heterocycles. The van der Waals surface area contributed by atoms with Crippen LogP contribution in [0.4, 0.5) is 9.59 Å². The molecule has 0 aromatic heterocycles. The van der Waals surface area contributed by atoms with Gasteiger partial charge >= 0.3 is 18.2 Å². The average molecular weight is 572 g/mol. The number of esters is 1. The summed E-state index contributed by atoms with van der Waals surface area (Å²) in [6, 6.07) is 6.67. The Kier molecular flexibility index (Phi) is 16.2. The van der Waals surface area contributed by atoms with Crippen LogP contribution in [0.3, 0.4) is 0 Å². The van der Waals surface area contributed by atoms with E-state index >= 15 is 0 Å². The minimum Gasteiger partial charge on any atom is -0.491 e. The topological polar surface area (TPSA) is 128 Å². The number of amides is 2. The maximum Gasteiger partial charge on any atom is 0.419 e. The largest absolute Gasteiger partial charge is 0.491 e. The lowest BCUT2D eigenvalue weighted by Crippen LogP contribution is -2.45. The molecule has 228 valence electrons. The Labute approximate surface area is 237 Å². The smallest absolute Gasteiger partial charge is 0.419 e. The highest BCUT2D eigenvalue weighted by atomic mass is 16.6. The minimum atomic E-state index is -0.790. The number of rotatable bonds is 17. The highest BCUT2D eigenvalue weighted by Gasteiger charge is 2.30. The van der Waals surface area contributed by atoms with Gasteiger partial charge < -0.3 is 37.9 Å². The summed E-state index contributed by atoms with van der Waals surface area (Å²) in [5, 5.41) is 0.